The molecule has 1 amide bonds. The Hall–Kier alpha value is -2.02. The first-order valence-corrected chi connectivity index (χ1v) is 7.52. The van der Waals surface area contributed by atoms with Crippen LogP contribution in [0.25, 0.3) is 0 Å². The van der Waals surface area contributed by atoms with Crippen molar-refractivity contribution < 1.29 is 9.18 Å². The summed E-state index contributed by atoms with van der Waals surface area (Å²) in [6, 6.07) is 4.66. The molecule has 0 atom stereocenters. The highest BCUT2D eigenvalue weighted by Crippen LogP contribution is 2.14. The first-order valence-electron chi connectivity index (χ1n) is 6.70. The van der Waals surface area contributed by atoms with Crippen molar-refractivity contribution in [3.8, 4) is 0 Å². The van der Waals surface area contributed by atoms with E-state index < -0.39 is 0 Å². The number of nitrogens with zero attached hydrogens (tertiary/aromatic N) is 2. The number of rotatable bonds is 6. The third-order valence-electron chi connectivity index (χ3n) is 2.93. The number of aromatic nitrogens is 2. The molecule has 0 aliphatic heterocycles. The second kappa shape index (κ2) is 7.12. The number of carbonyl (C=O) groups excluding carboxylic acids is 1. The molecule has 5 nitrogen and oxygen atoms in total. The quantitative estimate of drug-likeness (QED) is 0.860. The first kappa shape index (κ1) is 15.4. The Balaban J connectivity index is 1.86. The predicted molar refractivity (Wildman–Crippen MR) is 81.2 cm³/mol. The fourth-order valence-corrected chi connectivity index (χ4v) is 2.59. The molecule has 7 heteroatoms. The molecule has 0 bridgehead atoms. The number of carbonyl (C=O) groups is 1. The molecular weight excluding hydrogens is 291 g/mol. The van der Waals surface area contributed by atoms with Gasteiger partial charge in [-0.2, -0.15) is 0 Å². The lowest BCUT2D eigenvalue weighted by atomic mass is 10.1. The zero-order valence-electron chi connectivity index (χ0n) is 11.9. The van der Waals surface area contributed by atoms with Gasteiger partial charge in [0.15, 0.2) is 0 Å². The first-order chi connectivity index (χ1) is 10.1. The van der Waals surface area contributed by atoms with Gasteiger partial charge in [-0.05, 0) is 43.5 Å². The van der Waals surface area contributed by atoms with E-state index in [1.54, 1.807) is 6.07 Å². The maximum absolute atomic E-state index is 13.0. The molecular formula is C14H17FN4OS. The van der Waals surface area contributed by atoms with Crippen molar-refractivity contribution in [2.75, 3.05) is 18.4 Å². The van der Waals surface area contributed by atoms with Crippen LogP contribution < -0.4 is 10.6 Å². The molecule has 0 unspecified atom stereocenters. The molecule has 2 aromatic rings. The summed E-state index contributed by atoms with van der Waals surface area (Å²) < 4.78 is 13.0. The van der Waals surface area contributed by atoms with Crippen LogP contribution in [0.1, 0.15) is 27.9 Å². The van der Waals surface area contributed by atoms with Gasteiger partial charge in [-0.1, -0.05) is 17.4 Å². The molecule has 2 N–H and O–H groups in total. The Labute approximate surface area is 126 Å². The maximum atomic E-state index is 13.0. The predicted octanol–water partition coefficient (Wildman–Crippen LogP) is 2.39. The topological polar surface area (TPSA) is 66.9 Å². The number of anilines is 1. The highest BCUT2D eigenvalue weighted by atomic mass is 32.1. The van der Waals surface area contributed by atoms with Gasteiger partial charge in [-0.25, -0.2) is 4.39 Å². The lowest BCUT2D eigenvalue weighted by Crippen LogP contribution is -2.25. The zero-order chi connectivity index (χ0) is 15.2. The van der Waals surface area contributed by atoms with Crippen LogP contribution in [0, 0.1) is 12.7 Å². The van der Waals surface area contributed by atoms with Crippen molar-refractivity contribution in [3.05, 3.63) is 40.2 Å². The monoisotopic (exact) mass is 308 g/mol. The van der Waals surface area contributed by atoms with Crippen LogP contribution in [0.2, 0.25) is 0 Å². The normalized spacial score (nSPS) is 10.4. The molecule has 0 radical (unpaired) electrons. The Morgan fingerprint density at radius 2 is 2.19 bits per heavy atom. The summed E-state index contributed by atoms with van der Waals surface area (Å²) in [5.74, 6) is -0.485. The van der Waals surface area contributed by atoms with Gasteiger partial charge < -0.3 is 10.6 Å². The van der Waals surface area contributed by atoms with Crippen molar-refractivity contribution in [3.63, 3.8) is 0 Å². The minimum atomic E-state index is -0.245. The van der Waals surface area contributed by atoms with E-state index in [4.69, 9.17) is 0 Å². The number of hydrogen-bond donors (Lipinski definition) is 2. The number of halogens is 1. The molecule has 0 fully saturated rings. The van der Waals surface area contributed by atoms with Crippen LogP contribution in [0.5, 0.6) is 0 Å². The van der Waals surface area contributed by atoms with Gasteiger partial charge in [0.05, 0.1) is 0 Å². The van der Waals surface area contributed by atoms with Crippen molar-refractivity contribution in [2.24, 2.45) is 0 Å². The largest absolute Gasteiger partial charge is 0.360 e. The van der Waals surface area contributed by atoms with Crippen molar-refractivity contribution in [1.29, 1.82) is 0 Å². The minimum absolute atomic E-state index is 0.239. The van der Waals surface area contributed by atoms with Gasteiger partial charge in [-0.3, -0.25) is 4.79 Å². The third kappa shape index (κ3) is 4.22. The number of amides is 1. The van der Waals surface area contributed by atoms with Gasteiger partial charge in [0.25, 0.3) is 5.91 Å². The summed E-state index contributed by atoms with van der Waals surface area (Å²) in [7, 11) is 0. The van der Waals surface area contributed by atoms with Gasteiger partial charge in [0.1, 0.15) is 5.82 Å². The smallest absolute Gasteiger partial charge is 0.282 e. The molecule has 0 aliphatic carbocycles. The van der Waals surface area contributed by atoms with E-state index in [0.717, 1.165) is 17.7 Å². The average Bonchev–Trinajstić information content (AvgIpc) is 2.90. The SMILES string of the molecule is CCNc1nnc(C(=O)NCCc2ccc(F)cc2C)s1. The molecule has 1 aromatic heterocycles. The Morgan fingerprint density at radius 1 is 1.38 bits per heavy atom. The highest BCUT2D eigenvalue weighted by Gasteiger charge is 2.12. The van der Waals surface area contributed by atoms with Crippen molar-refractivity contribution in [2.45, 2.75) is 20.3 Å². The van der Waals surface area contributed by atoms with Crippen molar-refractivity contribution >= 4 is 22.4 Å². The summed E-state index contributed by atoms with van der Waals surface area (Å²) in [6.07, 6.45) is 0.650. The standard InChI is InChI=1S/C14H17FN4OS/c1-3-16-14-19-18-13(21-14)12(20)17-7-6-10-4-5-11(15)8-9(10)2/h4-5,8H,3,6-7H2,1-2H3,(H,16,19)(H,17,20). The van der Waals surface area contributed by atoms with Gasteiger partial charge in [0.2, 0.25) is 10.1 Å². The molecule has 0 spiro atoms. The summed E-state index contributed by atoms with van der Waals surface area (Å²) in [6.45, 7) is 5.02. The van der Waals surface area contributed by atoms with E-state index >= 15 is 0 Å². The summed E-state index contributed by atoms with van der Waals surface area (Å²) >= 11 is 1.22. The van der Waals surface area contributed by atoms with Gasteiger partial charge in [0, 0.05) is 13.1 Å². The van der Waals surface area contributed by atoms with Crippen LogP contribution >= 0.6 is 11.3 Å². The van der Waals surface area contributed by atoms with Gasteiger partial charge >= 0.3 is 0 Å². The average molecular weight is 308 g/mol. The van der Waals surface area contributed by atoms with Crippen LogP contribution in [-0.2, 0) is 6.42 Å². The van der Waals surface area contributed by atoms with Crippen LogP contribution in [0.3, 0.4) is 0 Å². The van der Waals surface area contributed by atoms with Crippen molar-refractivity contribution in [1.82, 2.24) is 15.5 Å². The maximum Gasteiger partial charge on any atom is 0.282 e. The molecule has 1 heterocycles. The number of hydrogen-bond acceptors (Lipinski definition) is 5. The molecule has 0 aliphatic rings. The molecule has 2 rings (SSSR count). The molecule has 0 saturated heterocycles. The van der Waals surface area contributed by atoms with E-state index in [2.05, 4.69) is 20.8 Å². The Bertz CT molecular complexity index is 629. The van der Waals surface area contributed by atoms with E-state index in [1.165, 1.54) is 23.5 Å². The summed E-state index contributed by atoms with van der Waals surface area (Å²) in [5, 5.41) is 14.5. The number of nitrogens with one attached hydrogen (secondary N) is 2. The number of aryl methyl sites for hydroxylation is 1. The fourth-order valence-electron chi connectivity index (χ4n) is 1.86. The number of benzene rings is 1. The molecule has 1 aromatic carbocycles. The lowest BCUT2D eigenvalue weighted by molar-refractivity contribution is 0.0953. The van der Waals surface area contributed by atoms with Gasteiger partial charge in [-0.15, -0.1) is 10.2 Å². The van der Waals surface area contributed by atoms with E-state index in [1.807, 2.05) is 13.8 Å². The van der Waals surface area contributed by atoms with E-state index in [-0.39, 0.29) is 11.7 Å². The Kier molecular flexibility index (Phi) is 5.21. The highest BCUT2D eigenvalue weighted by molar-refractivity contribution is 7.17. The van der Waals surface area contributed by atoms with Crippen LogP contribution in [0.4, 0.5) is 9.52 Å². The molecule has 21 heavy (non-hydrogen) atoms. The van der Waals surface area contributed by atoms with Crippen LogP contribution in [0.15, 0.2) is 18.2 Å². The second-order valence-electron chi connectivity index (χ2n) is 4.52. The van der Waals surface area contributed by atoms with Crippen LogP contribution in [-0.4, -0.2) is 29.2 Å². The fraction of sp³-hybridized carbons (Fsp3) is 0.357. The Morgan fingerprint density at radius 3 is 2.90 bits per heavy atom. The summed E-state index contributed by atoms with van der Waals surface area (Å²) in [5.41, 5.74) is 1.90. The second-order valence-corrected chi connectivity index (χ2v) is 5.50. The lowest BCUT2D eigenvalue weighted by Gasteiger charge is -2.06. The minimum Gasteiger partial charge on any atom is -0.360 e. The van der Waals surface area contributed by atoms with E-state index in [9.17, 15) is 9.18 Å². The molecule has 0 saturated carbocycles. The third-order valence-corrected chi connectivity index (χ3v) is 3.81. The summed E-state index contributed by atoms with van der Waals surface area (Å²) in [4.78, 5) is 11.9. The zero-order valence-corrected chi connectivity index (χ0v) is 12.8. The molecule has 112 valence electrons. The van der Waals surface area contributed by atoms with E-state index in [0.29, 0.717) is 23.1 Å².